The molecular weight excluding hydrogens is 799 g/mol. The van der Waals surface area contributed by atoms with Crippen molar-refractivity contribution >= 4 is 62.0 Å². The van der Waals surface area contributed by atoms with E-state index in [2.05, 4.69) is 10.2 Å². The van der Waals surface area contributed by atoms with Crippen LogP contribution in [0.1, 0.15) is 77.2 Å². The number of hydrogen-bond acceptors (Lipinski definition) is 14. The van der Waals surface area contributed by atoms with E-state index in [0.717, 1.165) is 31.6 Å². The largest absolute Gasteiger partial charge is 0.505 e. The Morgan fingerprint density at radius 3 is 2.37 bits per heavy atom. The minimum absolute atomic E-state index is 0.00879. The smallest absolute Gasteiger partial charge is 0.312 e. The number of carbonyl (C=O) groups excluding carboxylic acids is 3. The number of phenolic OH excluding ortho intramolecular Hbond substituents is 1. The number of Topliss-reactive ketones (excluding diaryl/α,β-unsaturated/α-hetero) is 1. The monoisotopic (exact) mass is 853 g/mol. The summed E-state index contributed by atoms with van der Waals surface area (Å²) in [4.78, 5) is 62.5. The molecule has 9 atom stereocenters. The lowest BCUT2D eigenvalue weighted by Crippen LogP contribution is -2.46. The Bertz CT molecular complexity index is 2610. The normalized spacial score (nSPS) is 30.6. The molecule has 3 aliphatic rings. The number of hydrogen-bond donors (Lipinski definition) is 4. The maximum absolute atomic E-state index is 14.7. The third kappa shape index (κ3) is 7.81. The van der Waals surface area contributed by atoms with Crippen molar-refractivity contribution in [3.8, 4) is 11.5 Å². The van der Waals surface area contributed by atoms with Gasteiger partial charge in [0, 0.05) is 86.0 Å². The number of ether oxygens (including phenoxy) is 4. The first-order valence-corrected chi connectivity index (χ1v) is 21.0. The summed E-state index contributed by atoms with van der Waals surface area (Å²) in [6.45, 7) is 14.4. The molecule has 62 heavy (non-hydrogen) atoms. The van der Waals surface area contributed by atoms with Gasteiger partial charge in [-0.25, -0.2) is 4.98 Å². The Morgan fingerprint density at radius 1 is 0.984 bits per heavy atom. The Labute approximate surface area is 359 Å². The lowest BCUT2D eigenvalue weighted by Gasteiger charge is -2.38. The van der Waals surface area contributed by atoms with E-state index in [0.29, 0.717) is 11.1 Å². The van der Waals surface area contributed by atoms with Crippen molar-refractivity contribution in [1.29, 1.82) is 0 Å². The number of rotatable bonds is 3. The van der Waals surface area contributed by atoms with Crippen molar-refractivity contribution in [3.05, 3.63) is 75.7 Å². The molecule has 330 valence electrons. The Morgan fingerprint density at radius 2 is 1.69 bits per heavy atom. The molecule has 7 rings (SSSR count). The summed E-state index contributed by atoms with van der Waals surface area (Å²) in [5.74, 6) is -7.09. The maximum Gasteiger partial charge on any atom is 0.312 e. The van der Waals surface area contributed by atoms with Gasteiger partial charge in [-0.3, -0.25) is 19.2 Å². The first kappa shape index (κ1) is 44.3. The number of aliphatic hydroxyl groups excluding tert-OH is 2. The summed E-state index contributed by atoms with van der Waals surface area (Å²) in [6.07, 6.45) is 5.80. The van der Waals surface area contributed by atoms with Gasteiger partial charge in [0.1, 0.15) is 28.6 Å². The molecule has 0 spiro atoms. The van der Waals surface area contributed by atoms with E-state index in [4.69, 9.17) is 28.3 Å². The lowest BCUT2D eigenvalue weighted by molar-refractivity contribution is -0.160. The maximum atomic E-state index is 14.7. The van der Waals surface area contributed by atoms with Crippen LogP contribution >= 0.6 is 0 Å². The van der Waals surface area contributed by atoms with Gasteiger partial charge in [-0.15, -0.1) is 0 Å². The molecule has 0 unspecified atom stereocenters. The standard InChI is InChI=1S/C47H55N3O12/c1-22-13-12-14-23(2)46(57)49-37-41(55)34-33(36-44(37)61-32-21-29(15-16-30(32)48-36)50-18-10-11-19-50)35-43(27(6)40(34)54)62-47(8,45(35)56)59-20-17-31(58-9)24(3)42(60-28(7)51)26(5)39(53)25(4)38(22)52/h12-17,20-22,24-26,31,38-39,42,52-53,55H,10-11,18-19H2,1-9H3,(H,49,57)/b13-12+,20-17-,23-14+/t22-,24+,25+,26+,31-,38-,39+,42+,47-/m0/s1. The molecule has 1 amide bonds. The molecule has 4 bridgehead atoms. The van der Waals surface area contributed by atoms with E-state index in [1.165, 1.54) is 46.3 Å². The Hall–Kier alpha value is -5.77. The average molecular weight is 854 g/mol. The highest BCUT2D eigenvalue weighted by atomic mass is 16.7. The van der Waals surface area contributed by atoms with Crippen molar-refractivity contribution in [3.63, 3.8) is 0 Å². The predicted octanol–water partition coefficient (Wildman–Crippen LogP) is 6.60. The van der Waals surface area contributed by atoms with Gasteiger partial charge in [-0.2, -0.15) is 0 Å². The van der Waals surface area contributed by atoms with Gasteiger partial charge in [0.25, 0.3) is 11.7 Å². The second-order valence-electron chi connectivity index (χ2n) is 17.1. The van der Waals surface area contributed by atoms with Gasteiger partial charge in [0.05, 0.1) is 35.5 Å². The number of esters is 1. The summed E-state index contributed by atoms with van der Waals surface area (Å²) in [5.41, 5.74) is 0.815. The molecule has 0 aliphatic carbocycles. The molecule has 4 heterocycles. The molecule has 1 fully saturated rings. The molecule has 15 nitrogen and oxygen atoms in total. The lowest BCUT2D eigenvalue weighted by atomic mass is 9.78. The van der Waals surface area contributed by atoms with E-state index >= 15 is 0 Å². The number of nitrogens with one attached hydrogen (secondary N) is 1. The van der Waals surface area contributed by atoms with Crippen molar-refractivity contribution in [2.45, 2.75) is 98.4 Å². The molecule has 1 aromatic heterocycles. The first-order chi connectivity index (χ1) is 29.4. The summed E-state index contributed by atoms with van der Waals surface area (Å²) in [5, 5.41) is 37.5. The number of allylic oxidation sites excluding steroid dienone is 2. The van der Waals surface area contributed by atoms with E-state index in [-0.39, 0.29) is 50.0 Å². The van der Waals surface area contributed by atoms with Crippen LogP contribution in [0.15, 0.2) is 63.6 Å². The number of aliphatic hydroxyl groups is 2. The van der Waals surface area contributed by atoms with Gasteiger partial charge in [-0.1, -0.05) is 45.9 Å². The molecule has 4 N–H and O–H groups in total. The third-order valence-electron chi connectivity index (χ3n) is 12.8. The molecule has 0 saturated carbocycles. The summed E-state index contributed by atoms with van der Waals surface area (Å²) < 4.78 is 30.4. The van der Waals surface area contributed by atoms with Gasteiger partial charge in [-0.05, 0) is 44.9 Å². The van der Waals surface area contributed by atoms with E-state index in [1.54, 1.807) is 52.8 Å². The number of ketones is 1. The van der Waals surface area contributed by atoms with Gasteiger partial charge < -0.3 is 48.9 Å². The van der Waals surface area contributed by atoms with Crippen LogP contribution in [0.5, 0.6) is 11.5 Å². The number of aromatic hydroxyl groups is 1. The van der Waals surface area contributed by atoms with E-state index < -0.39 is 82.7 Å². The van der Waals surface area contributed by atoms with Crippen LogP contribution in [-0.2, 0) is 23.8 Å². The number of nitrogens with zero attached hydrogens (tertiary/aromatic N) is 2. The fourth-order valence-corrected chi connectivity index (χ4v) is 8.97. The average Bonchev–Trinajstić information content (AvgIpc) is 3.88. The highest BCUT2D eigenvalue weighted by molar-refractivity contribution is 6.26. The van der Waals surface area contributed by atoms with Crippen LogP contribution in [-0.4, -0.2) is 88.4 Å². The number of anilines is 2. The molecular formula is C47H55N3O12. The number of fused-ring (bicyclic) bond motifs is 2. The molecule has 4 aromatic rings. The highest BCUT2D eigenvalue weighted by Crippen LogP contribution is 2.48. The molecule has 0 radical (unpaired) electrons. The highest BCUT2D eigenvalue weighted by Gasteiger charge is 2.49. The molecule has 1 saturated heterocycles. The van der Waals surface area contributed by atoms with Crippen LogP contribution in [0.4, 0.5) is 11.4 Å². The van der Waals surface area contributed by atoms with Crippen LogP contribution in [0, 0.1) is 30.6 Å². The van der Waals surface area contributed by atoms with Crippen molar-refractivity contribution in [2.75, 3.05) is 30.4 Å². The quantitative estimate of drug-likeness (QED) is 0.0742. The van der Waals surface area contributed by atoms with Crippen LogP contribution in [0.25, 0.3) is 33.0 Å². The van der Waals surface area contributed by atoms with Crippen molar-refractivity contribution in [1.82, 2.24) is 4.98 Å². The third-order valence-corrected chi connectivity index (χ3v) is 12.8. The Balaban J connectivity index is 1.44. The zero-order valence-corrected chi connectivity index (χ0v) is 36.5. The summed E-state index contributed by atoms with van der Waals surface area (Å²) in [7, 11) is 1.45. The van der Waals surface area contributed by atoms with Gasteiger partial charge in [0.15, 0.2) is 22.3 Å². The SMILES string of the molecule is CO[C@H]1/C=C\O[C@@]2(C)Oc3c(C)c(=O)c4c(O)c(c5oc6cc(N7CCCC7)ccc6nc5c4c3C2=O)NC(=O)/C(C)=C/C=C/[C@H](C)[C@H](O)[C@@H](C)[C@@H](O)[C@@H](C)[C@H](OC(C)=O)[C@@H]1C. The second-order valence-corrected chi connectivity index (χ2v) is 17.1. The number of amides is 1. The van der Waals surface area contributed by atoms with Gasteiger partial charge >= 0.3 is 11.8 Å². The van der Waals surface area contributed by atoms with Crippen molar-refractivity contribution < 1.29 is 53.1 Å². The van der Waals surface area contributed by atoms with Crippen LogP contribution in [0.3, 0.4) is 0 Å². The Kier molecular flexibility index (Phi) is 12.3. The fraction of sp³-hybridized carbons (Fsp3) is 0.468. The van der Waals surface area contributed by atoms with Gasteiger partial charge in [0.2, 0.25) is 0 Å². The number of benzene rings is 3. The zero-order chi connectivity index (χ0) is 44.9. The summed E-state index contributed by atoms with van der Waals surface area (Å²) >= 11 is 0. The predicted molar refractivity (Wildman–Crippen MR) is 233 cm³/mol. The number of methoxy groups -OCH3 is 1. The molecule has 3 aromatic carbocycles. The van der Waals surface area contributed by atoms with Crippen molar-refractivity contribution in [2.24, 2.45) is 23.7 Å². The van der Waals surface area contributed by atoms with Crippen LogP contribution in [0.2, 0.25) is 0 Å². The fourth-order valence-electron chi connectivity index (χ4n) is 8.97. The van der Waals surface area contributed by atoms with E-state index in [9.17, 15) is 34.5 Å². The first-order valence-electron chi connectivity index (χ1n) is 21.0. The number of aromatic nitrogens is 1. The molecule has 15 heteroatoms. The summed E-state index contributed by atoms with van der Waals surface area (Å²) in [6, 6.07) is 5.53. The molecule has 3 aliphatic heterocycles. The van der Waals surface area contributed by atoms with Crippen LogP contribution < -0.4 is 20.4 Å². The number of phenols is 1. The zero-order valence-electron chi connectivity index (χ0n) is 36.5. The number of carbonyl (C=O) groups is 3. The second kappa shape index (κ2) is 17.2. The topological polar surface area (TPSA) is 207 Å². The minimum Gasteiger partial charge on any atom is -0.505 e. The minimum atomic E-state index is -2.02. The van der Waals surface area contributed by atoms with E-state index in [1.807, 2.05) is 12.1 Å².